The highest BCUT2D eigenvalue weighted by Gasteiger charge is 2.20. The number of benzene rings is 2. The second-order valence-electron chi connectivity index (χ2n) is 8.23. The number of carbonyl (C=O) groups is 3. The van der Waals surface area contributed by atoms with Crippen LogP contribution in [0.15, 0.2) is 30.3 Å². The summed E-state index contributed by atoms with van der Waals surface area (Å²) < 4.78 is 16.3. The summed E-state index contributed by atoms with van der Waals surface area (Å²) in [6.07, 6.45) is 1.58. The lowest BCUT2D eigenvalue weighted by atomic mass is 10.0. The number of aliphatic hydroxyl groups is 1. The maximum atomic E-state index is 12.1. The number of esters is 1. The molecule has 0 aromatic heterocycles. The highest BCUT2D eigenvalue weighted by Crippen LogP contribution is 2.33. The third kappa shape index (κ3) is 7.71. The SMILES string of the molecule is CCCc1c(NC(=O)C(=O)OCC)cccc1OCC(O)COc1ccc(C(C)=O)c(O)c1CCC. The predicted octanol–water partition coefficient (Wildman–Crippen LogP) is 3.82. The molecule has 9 nitrogen and oxygen atoms in total. The molecule has 0 bridgehead atoms. The second-order valence-corrected chi connectivity index (χ2v) is 8.23. The molecule has 3 N–H and O–H groups in total. The van der Waals surface area contributed by atoms with E-state index in [4.69, 9.17) is 14.2 Å². The number of hydrogen-bond donors (Lipinski definition) is 3. The van der Waals surface area contributed by atoms with E-state index in [1.807, 2.05) is 13.8 Å². The van der Waals surface area contributed by atoms with Gasteiger partial charge in [-0.05, 0) is 51.0 Å². The molecular formula is C27H35NO8. The van der Waals surface area contributed by atoms with Crippen LogP contribution in [0.2, 0.25) is 0 Å². The van der Waals surface area contributed by atoms with Crippen LogP contribution in [0.1, 0.15) is 62.0 Å². The van der Waals surface area contributed by atoms with Gasteiger partial charge < -0.3 is 29.7 Å². The quantitative estimate of drug-likeness (QED) is 0.214. The molecule has 0 spiro atoms. The van der Waals surface area contributed by atoms with Crippen LogP contribution in [-0.4, -0.2) is 53.8 Å². The van der Waals surface area contributed by atoms with Gasteiger partial charge in [-0.25, -0.2) is 4.79 Å². The maximum Gasteiger partial charge on any atom is 0.397 e. The van der Waals surface area contributed by atoms with Gasteiger partial charge in [0.05, 0.1) is 12.2 Å². The third-order valence-corrected chi connectivity index (χ3v) is 5.32. The Labute approximate surface area is 211 Å². The average molecular weight is 502 g/mol. The fourth-order valence-corrected chi connectivity index (χ4v) is 3.64. The first kappa shape index (κ1) is 28.6. The standard InChI is InChI=1S/C27H35NO8/c1-5-9-20-22(28-26(32)27(33)34-7-3)11-8-12-23(20)35-15-18(30)16-36-24-14-13-19(17(4)29)25(31)21(24)10-6-2/h8,11-14,18,30-31H,5-7,9-10,15-16H2,1-4H3,(H,28,32). The van der Waals surface area contributed by atoms with E-state index in [-0.39, 0.29) is 36.9 Å². The molecule has 0 saturated carbocycles. The maximum absolute atomic E-state index is 12.1. The van der Waals surface area contributed by atoms with Crippen molar-refractivity contribution in [3.63, 3.8) is 0 Å². The predicted molar refractivity (Wildman–Crippen MR) is 135 cm³/mol. The van der Waals surface area contributed by atoms with Crippen LogP contribution in [0.25, 0.3) is 0 Å². The monoisotopic (exact) mass is 501 g/mol. The Kier molecular flexibility index (Phi) is 11.2. The first-order chi connectivity index (χ1) is 17.2. The molecule has 0 saturated heterocycles. The third-order valence-electron chi connectivity index (χ3n) is 5.32. The van der Waals surface area contributed by atoms with E-state index in [0.717, 1.165) is 12.8 Å². The van der Waals surface area contributed by atoms with E-state index < -0.39 is 18.0 Å². The molecule has 0 heterocycles. The van der Waals surface area contributed by atoms with Crippen LogP contribution in [0.3, 0.4) is 0 Å². The molecule has 2 aromatic carbocycles. The Morgan fingerprint density at radius 1 is 0.917 bits per heavy atom. The molecule has 9 heteroatoms. The summed E-state index contributed by atoms with van der Waals surface area (Å²) in [7, 11) is 0. The minimum absolute atomic E-state index is 0.0907. The van der Waals surface area contributed by atoms with Crippen LogP contribution >= 0.6 is 0 Å². The number of aliphatic hydroxyl groups excluding tert-OH is 1. The largest absolute Gasteiger partial charge is 0.507 e. The van der Waals surface area contributed by atoms with Crippen molar-refractivity contribution >= 4 is 23.3 Å². The van der Waals surface area contributed by atoms with Crippen LogP contribution in [0.5, 0.6) is 17.2 Å². The van der Waals surface area contributed by atoms with Crippen LogP contribution < -0.4 is 14.8 Å². The minimum Gasteiger partial charge on any atom is -0.507 e. The highest BCUT2D eigenvalue weighted by molar-refractivity contribution is 6.37. The van der Waals surface area contributed by atoms with Crippen molar-refractivity contribution in [2.75, 3.05) is 25.1 Å². The molecule has 0 aliphatic heterocycles. The Bertz CT molecular complexity index is 1070. The Balaban J connectivity index is 2.08. The lowest BCUT2D eigenvalue weighted by molar-refractivity contribution is -0.152. The van der Waals surface area contributed by atoms with Gasteiger partial charge in [-0.1, -0.05) is 32.8 Å². The minimum atomic E-state index is -0.999. The van der Waals surface area contributed by atoms with Gasteiger partial charge in [0.1, 0.15) is 36.6 Å². The Morgan fingerprint density at radius 2 is 1.53 bits per heavy atom. The molecule has 36 heavy (non-hydrogen) atoms. The summed E-state index contributed by atoms with van der Waals surface area (Å²) in [5.41, 5.74) is 1.88. The normalized spacial score (nSPS) is 11.5. The topological polar surface area (TPSA) is 131 Å². The number of hydrogen-bond acceptors (Lipinski definition) is 8. The molecule has 0 fully saturated rings. The molecule has 1 unspecified atom stereocenters. The summed E-state index contributed by atoms with van der Waals surface area (Å²) in [5.74, 6) is -1.32. The summed E-state index contributed by atoms with van der Waals surface area (Å²) in [6.45, 7) is 6.82. The lowest BCUT2D eigenvalue weighted by Gasteiger charge is -2.19. The van der Waals surface area contributed by atoms with Crippen molar-refractivity contribution in [1.29, 1.82) is 0 Å². The number of amides is 1. The molecule has 196 valence electrons. The average Bonchev–Trinajstić information content (AvgIpc) is 2.84. The summed E-state index contributed by atoms with van der Waals surface area (Å²) in [6, 6.07) is 8.18. The molecule has 0 aliphatic rings. The number of phenols is 1. The van der Waals surface area contributed by atoms with Crippen molar-refractivity contribution in [3.05, 3.63) is 47.0 Å². The van der Waals surface area contributed by atoms with Crippen LogP contribution in [0.4, 0.5) is 5.69 Å². The highest BCUT2D eigenvalue weighted by atomic mass is 16.5. The Morgan fingerprint density at radius 3 is 2.11 bits per heavy atom. The van der Waals surface area contributed by atoms with Crippen molar-refractivity contribution in [1.82, 2.24) is 0 Å². The van der Waals surface area contributed by atoms with Crippen LogP contribution in [0, 0.1) is 0 Å². The Hall–Kier alpha value is -3.59. The molecule has 1 atom stereocenters. The lowest BCUT2D eigenvalue weighted by Crippen LogP contribution is -2.27. The van der Waals surface area contributed by atoms with E-state index >= 15 is 0 Å². The molecule has 0 aliphatic carbocycles. The van der Waals surface area contributed by atoms with E-state index in [2.05, 4.69) is 5.32 Å². The summed E-state index contributed by atoms with van der Waals surface area (Å²) in [4.78, 5) is 35.5. The van der Waals surface area contributed by atoms with E-state index in [1.165, 1.54) is 13.0 Å². The number of aromatic hydroxyl groups is 1. The molecule has 1 amide bonds. The molecule has 2 rings (SSSR count). The summed E-state index contributed by atoms with van der Waals surface area (Å²) >= 11 is 0. The van der Waals surface area contributed by atoms with Gasteiger partial charge in [0.15, 0.2) is 5.78 Å². The van der Waals surface area contributed by atoms with Crippen molar-refractivity contribution < 1.29 is 38.8 Å². The number of nitrogens with one attached hydrogen (secondary N) is 1. The zero-order chi connectivity index (χ0) is 26.7. The number of ether oxygens (including phenoxy) is 3. The molecular weight excluding hydrogens is 466 g/mol. The summed E-state index contributed by atoms with van der Waals surface area (Å²) in [5, 5.41) is 23.5. The van der Waals surface area contributed by atoms with E-state index in [0.29, 0.717) is 41.2 Å². The fourth-order valence-electron chi connectivity index (χ4n) is 3.64. The number of phenolic OH excluding ortho intramolecular Hbond substituents is 1. The first-order valence-electron chi connectivity index (χ1n) is 12.1. The zero-order valence-corrected chi connectivity index (χ0v) is 21.3. The van der Waals surface area contributed by atoms with Gasteiger partial charge in [0.2, 0.25) is 0 Å². The van der Waals surface area contributed by atoms with Gasteiger partial charge in [0.25, 0.3) is 0 Å². The number of Topliss-reactive ketones (excluding diaryl/α,β-unsaturated/α-hetero) is 1. The smallest absolute Gasteiger partial charge is 0.397 e. The second kappa shape index (κ2) is 14.1. The fraction of sp³-hybridized carbons (Fsp3) is 0.444. The van der Waals surface area contributed by atoms with Crippen molar-refractivity contribution in [2.45, 2.75) is 59.5 Å². The van der Waals surface area contributed by atoms with E-state index in [9.17, 15) is 24.6 Å². The first-order valence-corrected chi connectivity index (χ1v) is 12.1. The molecule has 0 radical (unpaired) electrons. The van der Waals surface area contributed by atoms with E-state index in [1.54, 1.807) is 31.2 Å². The number of rotatable bonds is 13. The van der Waals surface area contributed by atoms with Crippen molar-refractivity contribution in [3.8, 4) is 17.2 Å². The van der Waals surface area contributed by atoms with Gasteiger partial charge in [-0.15, -0.1) is 0 Å². The van der Waals surface area contributed by atoms with Crippen LogP contribution in [-0.2, 0) is 27.2 Å². The van der Waals surface area contributed by atoms with Gasteiger partial charge in [-0.3, -0.25) is 9.59 Å². The number of anilines is 1. The van der Waals surface area contributed by atoms with Gasteiger partial charge in [-0.2, -0.15) is 0 Å². The van der Waals surface area contributed by atoms with Gasteiger partial charge in [0, 0.05) is 16.8 Å². The van der Waals surface area contributed by atoms with Crippen molar-refractivity contribution in [2.24, 2.45) is 0 Å². The zero-order valence-electron chi connectivity index (χ0n) is 21.3. The number of ketones is 1. The molecule has 2 aromatic rings. The van der Waals surface area contributed by atoms with Gasteiger partial charge >= 0.3 is 11.9 Å². The number of carbonyl (C=O) groups excluding carboxylic acids is 3.